The van der Waals surface area contributed by atoms with E-state index in [9.17, 15) is 0 Å². The van der Waals surface area contributed by atoms with E-state index < -0.39 is 0 Å². The van der Waals surface area contributed by atoms with Gasteiger partial charge in [0.05, 0.1) is 0 Å². The van der Waals surface area contributed by atoms with Crippen LogP contribution in [0.5, 0.6) is 0 Å². The van der Waals surface area contributed by atoms with Crippen molar-refractivity contribution in [3.05, 3.63) is 24.0 Å². The highest BCUT2D eigenvalue weighted by molar-refractivity contribution is 5.10. The summed E-state index contributed by atoms with van der Waals surface area (Å²) < 4.78 is 2.30. The van der Waals surface area contributed by atoms with E-state index in [1.807, 2.05) is 0 Å². The molecule has 2 bridgehead atoms. The molecule has 0 saturated heterocycles. The third-order valence-corrected chi connectivity index (χ3v) is 5.36. The summed E-state index contributed by atoms with van der Waals surface area (Å²) in [7, 11) is 0. The van der Waals surface area contributed by atoms with Crippen molar-refractivity contribution >= 4 is 0 Å². The fraction of sp³-hybridized carbons (Fsp3) is 0.765. The molecule has 2 saturated carbocycles. The minimum atomic E-state index is 0.685. The highest BCUT2D eigenvalue weighted by atomic mass is 15.0. The number of aromatic nitrogens is 1. The monoisotopic (exact) mass is 260 g/mol. The average molecular weight is 260 g/mol. The molecule has 1 heterocycles. The minimum Gasteiger partial charge on any atom is -0.354 e. The van der Waals surface area contributed by atoms with Gasteiger partial charge in [0.1, 0.15) is 0 Å². The number of aryl methyl sites for hydroxylation is 1. The molecule has 2 nitrogen and oxygen atoms in total. The summed E-state index contributed by atoms with van der Waals surface area (Å²) in [4.78, 5) is 0. The zero-order valence-electron chi connectivity index (χ0n) is 12.4. The smallest absolute Gasteiger partial charge is 0.0223 e. The second kappa shape index (κ2) is 5.70. The number of fused-ring (bicyclic) bond motifs is 2. The van der Waals surface area contributed by atoms with Crippen LogP contribution in [-0.2, 0) is 13.1 Å². The third-order valence-electron chi connectivity index (χ3n) is 5.36. The van der Waals surface area contributed by atoms with Gasteiger partial charge in [-0.25, -0.2) is 0 Å². The fourth-order valence-corrected chi connectivity index (χ4v) is 4.33. The summed E-state index contributed by atoms with van der Waals surface area (Å²) in [6.45, 7) is 6.80. The molecule has 2 aliphatic rings. The molecule has 0 aromatic carbocycles. The Morgan fingerprint density at radius 2 is 2.26 bits per heavy atom. The van der Waals surface area contributed by atoms with Gasteiger partial charge in [-0.3, -0.25) is 0 Å². The summed E-state index contributed by atoms with van der Waals surface area (Å²) in [5, 5.41) is 3.77. The van der Waals surface area contributed by atoms with Crippen LogP contribution in [0.3, 0.4) is 0 Å². The normalized spacial score (nSPS) is 30.9. The maximum atomic E-state index is 3.77. The molecule has 4 unspecified atom stereocenters. The Hall–Kier alpha value is -0.760. The van der Waals surface area contributed by atoms with E-state index in [1.165, 1.54) is 37.7 Å². The topological polar surface area (TPSA) is 17.0 Å². The van der Waals surface area contributed by atoms with Gasteiger partial charge in [0, 0.05) is 31.5 Å². The van der Waals surface area contributed by atoms with Crippen LogP contribution in [0.25, 0.3) is 0 Å². The molecule has 19 heavy (non-hydrogen) atoms. The first-order valence-electron chi connectivity index (χ1n) is 8.14. The Bertz CT molecular complexity index is 409. The summed E-state index contributed by atoms with van der Waals surface area (Å²) in [5.41, 5.74) is 1.43. The Morgan fingerprint density at radius 3 is 2.95 bits per heavy atom. The SMILES string of the molecule is CCCn1ccc(CNC(C)C2CC3CCC2C3)c1. The van der Waals surface area contributed by atoms with Crippen molar-refractivity contribution in [1.82, 2.24) is 9.88 Å². The molecule has 0 aliphatic heterocycles. The van der Waals surface area contributed by atoms with Crippen LogP contribution >= 0.6 is 0 Å². The van der Waals surface area contributed by atoms with Gasteiger partial charge in [0.2, 0.25) is 0 Å². The van der Waals surface area contributed by atoms with Crippen LogP contribution in [0.2, 0.25) is 0 Å². The number of nitrogens with zero attached hydrogens (tertiary/aromatic N) is 1. The van der Waals surface area contributed by atoms with E-state index in [1.54, 1.807) is 0 Å². The third kappa shape index (κ3) is 2.89. The number of hydrogen-bond donors (Lipinski definition) is 1. The summed E-state index contributed by atoms with van der Waals surface area (Å²) in [5.74, 6) is 3.03. The molecule has 106 valence electrons. The van der Waals surface area contributed by atoms with E-state index in [2.05, 4.69) is 42.2 Å². The first kappa shape index (κ1) is 13.2. The lowest BCUT2D eigenvalue weighted by molar-refractivity contribution is 0.259. The largest absolute Gasteiger partial charge is 0.354 e. The van der Waals surface area contributed by atoms with E-state index in [4.69, 9.17) is 0 Å². The Morgan fingerprint density at radius 1 is 1.37 bits per heavy atom. The molecule has 2 aliphatic carbocycles. The van der Waals surface area contributed by atoms with Gasteiger partial charge in [-0.15, -0.1) is 0 Å². The molecular weight excluding hydrogens is 232 g/mol. The fourth-order valence-electron chi connectivity index (χ4n) is 4.33. The van der Waals surface area contributed by atoms with Gasteiger partial charge in [0.15, 0.2) is 0 Å². The standard InChI is InChI=1S/C17H28N2/c1-3-7-19-8-6-15(12-19)11-18-13(2)17-10-14-4-5-16(17)9-14/h6,8,12-14,16-18H,3-5,7,9-11H2,1-2H3. The predicted octanol–water partition coefficient (Wildman–Crippen LogP) is 3.81. The Kier molecular flexibility index (Phi) is 3.97. The van der Waals surface area contributed by atoms with Crippen molar-refractivity contribution in [1.29, 1.82) is 0 Å². The quantitative estimate of drug-likeness (QED) is 0.823. The Balaban J connectivity index is 1.48. The number of hydrogen-bond acceptors (Lipinski definition) is 1. The zero-order valence-corrected chi connectivity index (χ0v) is 12.4. The van der Waals surface area contributed by atoms with Crippen LogP contribution < -0.4 is 5.32 Å². The predicted molar refractivity (Wildman–Crippen MR) is 80.0 cm³/mol. The van der Waals surface area contributed by atoms with Crippen LogP contribution in [0, 0.1) is 17.8 Å². The van der Waals surface area contributed by atoms with E-state index in [0.29, 0.717) is 6.04 Å². The second-order valence-corrected chi connectivity index (χ2v) is 6.77. The second-order valence-electron chi connectivity index (χ2n) is 6.77. The lowest BCUT2D eigenvalue weighted by atomic mass is 9.84. The van der Waals surface area contributed by atoms with Gasteiger partial charge >= 0.3 is 0 Å². The maximum absolute atomic E-state index is 3.77. The van der Waals surface area contributed by atoms with Gasteiger partial charge in [0.25, 0.3) is 0 Å². The molecule has 1 aromatic rings. The van der Waals surface area contributed by atoms with Crippen molar-refractivity contribution in [3.63, 3.8) is 0 Å². The average Bonchev–Trinajstić information content (AvgIpc) is 3.12. The summed E-state index contributed by atoms with van der Waals surface area (Å²) in [6, 6.07) is 2.95. The zero-order chi connectivity index (χ0) is 13.2. The van der Waals surface area contributed by atoms with Gasteiger partial charge in [-0.05, 0) is 62.0 Å². The molecule has 3 rings (SSSR count). The molecule has 2 fully saturated rings. The lowest BCUT2D eigenvalue weighted by Gasteiger charge is -2.28. The van der Waals surface area contributed by atoms with Crippen LogP contribution in [0.4, 0.5) is 0 Å². The molecular formula is C17H28N2. The van der Waals surface area contributed by atoms with Crippen LogP contribution in [0.1, 0.15) is 51.5 Å². The van der Waals surface area contributed by atoms with Gasteiger partial charge in [-0.1, -0.05) is 13.3 Å². The van der Waals surface area contributed by atoms with Crippen molar-refractivity contribution in [2.24, 2.45) is 17.8 Å². The Labute approximate surface area is 117 Å². The maximum Gasteiger partial charge on any atom is 0.0223 e. The molecule has 4 atom stereocenters. The van der Waals surface area contributed by atoms with Crippen LogP contribution in [-0.4, -0.2) is 10.6 Å². The van der Waals surface area contributed by atoms with Crippen molar-refractivity contribution in [2.75, 3.05) is 0 Å². The van der Waals surface area contributed by atoms with E-state index in [0.717, 1.165) is 30.8 Å². The van der Waals surface area contributed by atoms with Gasteiger partial charge in [-0.2, -0.15) is 0 Å². The number of nitrogens with one attached hydrogen (secondary N) is 1. The van der Waals surface area contributed by atoms with E-state index >= 15 is 0 Å². The highest BCUT2D eigenvalue weighted by Gasteiger charge is 2.41. The molecule has 0 radical (unpaired) electrons. The van der Waals surface area contributed by atoms with Crippen molar-refractivity contribution in [2.45, 2.75) is 65.1 Å². The first-order chi connectivity index (χ1) is 9.26. The van der Waals surface area contributed by atoms with Gasteiger partial charge < -0.3 is 9.88 Å². The lowest BCUT2D eigenvalue weighted by Crippen LogP contribution is -2.35. The minimum absolute atomic E-state index is 0.685. The molecule has 0 amide bonds. The van der Waals surface area contributed by atoms with Crippen molar-refractivity contribution < 1.29 is 0 Å². The van der Waals surface area contributed by atoms with E-state index in [-0.39, 0.29) is 0 Å². The summed E-state index contributed by atoms with van der Waals surface area (Å²) >= 11 is 0. The number of rotatable bonds is 6. The molecule has 1 N–H and O–H groups in total. The summed E-state index contributed by atoms with van der Waals surface area (Å²) in [6.07, 6.45) is 11.7. The highest BCUT2D eigenvalue weighted by Crippen LogP contribution is 2.49. The molecule has 2 heteroatoms. The first-order valence-corrected chi connectivity index (χ1v) is 8.14. The van der Waals surface area contributed by atoms with Crippen LogP contribution in [0.15, 0.2) is 18.5 Å². The van der Waals surface area contributed by atoms with Crippen molar-refractivity contribution in [3.8, 4) is 0 Å². The molecule has 0 spiro atoms. The molecule has 1 aromatic heterocycles.